The van der Waals surface area contributed by atoms with Crippen molar-refractivity contribution in [2.24, 2.45) is 0 Å². The van der Waals surface area contributed by atoms with Crippen LogP contribution in [0.15, 0.2) is 0 Å². The van der Waals surface area contributed by atoms with Gasteiger partial charge >= 0.3 is 79.0 Å². The van der Waals surface area contributed by atoms with Crippen LogP contribution in [0.25, 0.3) is 0 Å². The Morgan fingerprint density at radius 2 is 1.09 bits per heavy atom. The molecule has 0 saturated carbocycles. The first kappa shape index (κ1) is 18.9. The van der Waals surface area contributed by atoms with Crippen LogP contribution in [0.4, 0.5) is 0 Å². The van der Waals surface area contributed by atoms with E-state index in [0.717, 1.165) is 0 Å². The molecule has 0 amide bonds. The minimum Gasteiger partial charge on any atom is -0.302 e. The largest absolute Gasteiger partial charge is 1.00 e. The quantitative estimate of drug-likeness (QED) is 0.273. The first-order chi connectivity index (χ1) is 3.71. The zero-order valence-electron chi connectivity index (χ0n) is 8.91. The maximum Gasteiger partial charge on any atom is 1.00 e. The summed E-state index contributed by atoms with van der Waals surface area (Å²) in [6, 6.07) is 0. The van der Waals surface area contributed by atoms with E-state index in [1.54, 1.807) is 0 Å². The summed E-state index contributed by atoms with van der Waals surface area (Å²) >= 11 is 0. The number of hydrogen-bond donors (Lipinski definition) is 4. The third-order valence-corrected chi connectivity index (χ3v) is 1.91. The summed E-state index contributed by atoms with van der Waals surface area (Å²) in [4.78, 5) is 31.0. The molecule has 0 aromatic carbocycles. The van der Waals surface area contributed by atoms with E-state index >= 15 is 0 Å². The molecule has 0 aromatic rings. The second kappa shape index (κ2) is 6.68. The van der Waals surface area contributed by atoms with Gasteiger partial charge in [-0.2, -0.15) is 4.31 Å². The zero-order valence-corrected chi connectivity index (χ0v) is 11.7. The molecule has 0 spiro atoms. The summed E-state index contributed by atoms with van der Waals surface area (Å²) in [7, 11) is -10.1. The van der Waals surface area contributed by atoms with Crippen LogP contribution in [0, 0.1) is 0 Å². The van der Waals surface area contributed by atoms with Crippen molar-refractivity contribution in [1.29, 1.82) is 0 Å². The van der Waals surface area contributed by atoms with Gasteiger partial charge in [0.1, 0.15) is 0 Å². The van der Waals surface area contributed by atoms with E-state index in [9.17, 15) is 9.13 Å². The molecule has 0 heterocycles. The summed E-state index contributed by atoms with van der Waals surface area (Å²) in [6.45, 7) is 0. The number of phosphoric acid groups is 2. The van der Waals surface area contributed by atoms with Crippen LogP contribution < -0.4 is 59.1 Å². The fraction of sp³-hybridized carbons (Fsp3) is 0. The molecule has 11 heavy (non-hydrogen) atoms. The molecule has 7 nitrogen and oxygen atoms in total. The fourth-order valence-corrected chi connectivity index (χ4v) is 1.25. The molecule has 0 saturated heterocycles. The van der Waals surface area contributed by atoms with Gasteiger partial charge in [0, 0.05) is 0 Å². The minimum absolute atomic E-state index is 0. The van der Waals surface area contributed by atoms with Crippen molar-refractivity contribution < 1.29 is 96.4 Å². The van der Waals surface area contributed by atoms with Gasteiger partial charge in [-0.15, -0.1) is 0 Å². The molecule has 0 fully saturated rings. The van der Waals surface area contributed by atoms with Crippen LogP contribution in [-0.4, -0.2) is 19.6 Å². The van der Waals surface area contributed by atoms with Crippen molar-refractivity contribution >= 4 is 15.6 Å². The van der Waals surface area contributed by atoms with Gasteiger partial charge in [0.2, 0.25) is 0 Å². The first-order valence-electron chi connectivity index (χ1n) is 1.53. The summed E-state index contributed by atoms with van der Waals surface area (Å²) in [5, 5.41) is 0. The average Bonchev–Trinajstić information content (AvgIpc) is 1.14. The maximum atomic E-state index is 9.63. The van der Waals surface area contributed by atoms with Crippen molar-refractivity contribution in [3.05, 3.63) is 0 Å². The molecule has 0 bridgehead atoms. The van der Waals surface area contributed by atoms with Crippen LogP contribution in [0.1, 0.15) is 4.28 Å². The van der Waals surface area contributed by atoms with Gasteiger partial charge in [-0.05, 0) is 0 Å². The van der Waals surface area contributed by atoms with Gasteiger partial charge in [-0.1, -0.05) is 0 Å². The Kier molecular flexibility index (Phi) is 11.5. The zero-order chi connectivity index (χ0) is 7.71. The fourth-order valence-electron chi connectivity index (χ4n) is 0.139. The molecule has 56 valence electrons. The van der Waals surface area contributed by atoms with Crippen LogP contribution in [0.3, 0.4) is 0 Å². The summed E-state index contributed by atoms with van der Waals surface area (Å²) in [6.07, 6.45) is 0. The normalized spacial score (nSPS) is 11.3. The van der Waals surface area contributed by atoms with E-state index in [2.05, 4.69) is 4.31 Å². The molecule has 0 aliphatic rings. The summed E-state index contributed by atoms with van der Waals surface area (Å²) in [5.41, 5.74) is 0. The van der Waals surface area contributed by atoms with Crippen LogP contribution >= 0.6 is 15.6 Å². The second-order valence-corrected chi connectivity index (χ2v) is 3.68. The van der Waals surface area contributed by atoms with Gasteiger partial charge in [-0.25, -0.2) is 9.13 Å². The van der Waals surface area contributed by atoms with E-state index in [1.807, 2.05) is 0 Å². The molecule has 4 N–H and O–H groups in total. The standard InChI is InChI=1S/2Na.H4O7P2/c;;1-8(2,3)7-9(4,5)6/h;;(H2,1,2,3)(H2,4,5,6)/q2*+1;/p+3. The Hall–Kier alpha value is 2.26. The molecule has 0 aliphatic heterocycles. The topological polar surface area (TPSA) is 124 Å². The predicted molar refractivity (Wildman–Crippen MR) is 28.5 cm³/mol. The van der Waals surface area contributed by atoms with Crippen molar-refractivity contribution in [2.45, 2.75) is 0 Å². The van der Waals surface area contributed by atoms with Crippen LogP contribution in [0.5, 0.6) is 0 Å². The maximum absolute atomic E-state index is 9.63. The smallest absolute Gasteiger partial charge is 0.302 e. The molecule has 0 rings (SSSR count). The molecule has 11 heteroatoms. The van der Waals surface area contributed by atoms with Crippen molar-refractivity contribution in [3.63, 3.8) is 0 Å². The van der Waals surface area contributed by atoms with Gasteiger partial charge in [0.15, 0.2) is 0 Å². The predicted octanol–water partition coefficient (Wildman–Crippen LogP) is -6.47. The third kappa shape index (κ3) is 18.9. The summed E-state index contributed by atoms with van der Waals surface area (Å²) < 4.78 is 22.2. The molecule has 0 radical (unpaired) electrons. The minimum atomic E-state index is -5.05. The Bertz CT molecular complexity index is 165. The molecular formula is H7Na2O7P2+5. The van der Waals surface area contributed by atoms with Crippen LogP contribution in [0.2, 0.25) is 0 Å². The van der Waals surface area contributed by atoms with E-state index in [4.69, 9.17) is 19.6 Å². The van der Waals surface area contributed by atoms with E-state index in [-0.39, 0.29) is 63.4 Å². The second-order valence-electron chi connectivity index (χ2n) is 1.06. The molecule has 0 aromatic heterocycles. The molecule has 0 aliphatic carbocycles. The van der Waals surface area contributed by atoms with E-state index < -0.39 is 15.6 Å². The van der Waals surface area contributed by atoms with E-state index in [1.165, 1.54) is 0 Å². The summed E-state index contributed by atoms with van der Waals surface area (Å²) in [5.74, 6) is 0. The average molecular weight is 227 g/mol. The Morgan fingerprint density at radius 1 is 0.909 bits per heavy atom. The monoisotopic (exact) mass is 227 g/mol. The first-order valence-corrected chi connectivity index (χ1v) is 4.59. The van der Waals surface area contributed by atoms with Gasteiger partial charge in [0.25, 0.3) is 0 Å². The molecule has 0 unspecified atom stereocenters. The van der Waals surface area contributed by atoms with Crippen molar-refractivity contribution in [1.82, 2.24) is 0 Å². The molecule has 0 atom stereocenters. The Morgan fingerprint density at radius 3 is 1.09 bits per heavy atom. The Balaban J connectivity index is -0.0000000320. The van der Waals surface area contributed by atoms with Crippen molar-refractivity contribution in [2.75, 3.05) is 0 Å². The van der Waals surface area contributed by atoms with Crippen molar-refractivity contribution in [3.8, 4) is 0 Å². The molecular weight excluding hydrogens is 220 g/mol. The van der Waals surface area contributed by atoms with E-state index in [0.29, 0.717) is 0 Å². The third-order valence-electron chi connectivity index (χ3n) is 0.213. The number of rotatable bonds is 2. The van der Waals surface area contributed by atoms with Gasteiger partial charge in [0.05, 0.1) is 0 Å². The Labute approximate surface area is 111 Å². The van der Waals surface area contributed by atoms with Crippen LogP contribution in [-0.2, 0) is 13.4 Å². The number of hydrogen-bond acceptors (Lipinski definition) is 3. The van der Waals surface area contributed by atoms with Gasteiger partial charge < -0.3 is 19.6 Å². The van der Waals surface area contributed by atoms with Gasteiger partial charge in [-0.3, -0.25) is 0 Å². The SMILES string of the molecule is O=P(O)(O)OP(=O)(O)O.[H+].[H+].[H+].[Na+].[Na+].